The van der Waals surface area contributed by atoms with E-state index in [4.69, 9.17) is 9.15 Å². The number of hydrogen-bond acceptors (Lipinski definition) is 5. The van der Waals surface area contributed by atoms with Gasteiger partial charge in [-0.2, -0.15) is 0 Å². The molecular weight excluding hydrogens is 312 g/mol. The van der Waals surface area contributed by atoms with Crippen LogP contribution in [0.1, 0.15) is 20.9 Å². The van der Waals surface area contributed by atoms with Crippen LogP contribution in [0.15, 0.2) is 53.3 Å². The molecule has 7 nitrogen and oxygen atoms in total. The summed E-state index contributed by atoms with van der Waals surface area (Å²) in [5.74, 6) is -1.46. The zero-order chi connectivity index (χ0) is 16.9. The van der Waals surface area contributed by atoms with Crippen LogP contribution >= 0.6 is 0 Å². The highest BCUT2D eigenvalue weighted by molar-refractivity contribution is 6.08. The number of Topliss-reactive ketones (excluding diaryl/α,β-unsaturated/α-hetero) is 1. The number of H-pyrrole nitrogens is 1. The van der Waals surface area contributed by atoms with Gasteiger partial charge in [0.1, 0.15) is 6.54 Å². The molecule has 2 N–H and O–H groups in total. The molecule has 2 heterocycles. The second kappa shape index (κ2) is 6.82. The first-order valence-corrected chi connectivity index (χ1v) is 7.22. The van der Waals surface area contributed by atoms with Gasteiger partial charge in [0.05, 0.1) is 6.26 Å². The van der Waals surface area contributed by atoms with Gasteiger partial charge in [0, 0.05) is 22.7 Å². The number of ketones is 1. The van der Waals surface area contributed by atoms with Crippen LogP contribution < -0.4 is 5.32 Å². The molecule has 0 atom stereocenters. The van der Waals surface area contributed by atoms with Crippen molar-refractivity contribution in [1.82, 2.24) is 10.3 Å². The lowest BCUT2D eigenvalue weighted by Gasteiger charge is -2.05. The number of hydrogen-bond donors (Lipinski definition) is 2. The van der Waals surface area contributed by atoms with Crippen LogP contribution in [0.5, 0.6) is 0 Å². The van der Waals surface area contributed by atoms with E-state index in [0.29, 0.717) is 5.56 Å². The maximum Gasteiger partial charge on any atom is 0.325 e. The highest BCUT2D eigenvalue weighted by Gasteiger charge is 2.15. The van der Waals surface area contributed by atoms with E-state index in [1.165, 1.54) is 12.3 Å². The number of amides is 1. The third-order valence-electron chi connectivity index (χ3n) is 3.39. The molecule has 0 radical (unpaired) electrons. The molecule has 1 aromatic carbocycles. The molecule has 122 valence electrons. The van der Waals surface area contributed by atoms with Crippen molar-refractivity contribution in [3.05, 3.63) is 60.2 Å². The number of esters is 1. The van der Waals surface area contributed by atoms with Gasteiger partial charge in [0.2, 0.25) is 5.78 Å². The minimum absolute atomic E-state index is 0.0951. The molecule has 1 amide bonds. The summed E-state index contributed by atoms with van der Waals surface area (Å²) in [5, 5.41) is 3.12. The molecule has 0 spiro atoms. The Balaban J connectivity index is 1.51. The van der Waals surface area contributed by atoms with Crippen LogP contribution in [0.25, 0.3) is 10.9 Å². The smallest absolute Gasteiger partial charge is 0.325 e. The largest absolute Gasteiger partial charge is 0.459 e. The fourth-order valence-corrected chi connectivity index (χ4v) is 2.22. The maximum atomic E-state index is 12.1. The number of ether oxygens (including phenoxy) is 1. The lowest BCUT2D eigenvalue weighted by atomic mass is 10.1. The molecule has 0 aliphatic heterocycles. The normalized spacial score (nSPS) is 10.5. The second-order valence-electron chi connectivity index (χ2n) is 4.99. The minimum atomic E-state index is -0.705. The summed E-state index contributed by atoms with van der Waals surface area (Å²) >= 11 is 0. The Hall–Kier alpha value is -3.35. The third-order valence-corrected chi connectivity index (χ3v) is 3.39. The maximum absolute atomic E-state index is 12.1. The second-order valence-corrected chi connectivity index (χ2v) is 4.99. The monoisotopic (exact) mass is 326 g/mol. The number of furan rings is 1. The number of para-hydroxylation sites is 1. The van der Waals surface area contributed by atoms with Gasteiger partial charge in [0.15, 0.2) is 12.4 Å². The van der Waals surface area contributed by atoms with Crippen molar-refractivity contribution >= 4 is 28.6 Å². The number of rotatable bonds is 6. The fraction of sp³-hybridized carbons (Fsp3) is 0.118. The number of benzene rings is 1. The first kappa shape index (κ1) is 15.5. The standard InChI is InChI=1S/C17H14N2O5/c20-14(12-8-18-13-5-2-1-4-11(12)13)10-24-16(21)9-19-17(22)15-6-3-7-23-15/h1-8,18H,9-10H2,(H,19,22). The van der Waals surface area contributed by atoms with E-state index in [0.717, 1.165) is 10.9 Å². The zero-order valence-electron chi connectivity index (χ0n) is 12.6. The first-order valence-electron chi connectivity index (χ1n) is 7.22. The molecule has 2 aromatic heterocycles. The SMILES string of the molecule is O=C(CNC(=O)c1ccco1)OCC(=O)c1c[nH]c2ccccc12. The van der Waals surface area contributed by atoms with Gasteiger partial charge < -0.3 is 19.5 Å². The van der Waals surface area contributed by atoms with E-state index in [-0.39, 0.29) is 18.1 Å². The minimum Gasteiger partial charge on any atom is -0.459 e. The highest BCUT2D eigenvalue weighted by Crippen LogP contribution is 2.18. The summed E-state index contributed by atoms with van der Waals surface area (Å²) in [6.45, 7) is -0.738. The van der Waals surface area contributed by atoms with Gasteiger partial charge in [-0.15, -0.1) is 0 Å². The number of aromatic nitrogens is 1. The Morgan fingerprint density at radius 3 is 2.75 bits per heavy atom. The molecule has 0 unspecified atom stereocenters. The lowest BCUT2D eigenvalue weighted by Crippen LogP contribution is -2.31. The number of fused-ring (bicyclic) bond motifs is 1. The zero-order valence-corrected chi connectivity index (χ0v) is 12.6. The van der Waals surface area contributed by atoms with Crippen LogP contribution in [-0.2, 0) is 9.53 Å². The quantitative estimate of drug-likeness (QED) is 0.532. The average Bonchev–Trinajstić information content (AvgIpc) is 3.26. The Morgan fingerprint density at radius 2 is 1.96 bits per heavy atom. The van der Waals surface area contributed by atoms with Crippen LogP contribution in [0, 0.1) is 0 Å². The van der Waals surface area contributed by atoms with E-state index in [1.807, 2.05) is 24.3 Å². The molecular formula is C17H14N2O5. The van der Waals surface area contributed by atoms with Crippen molar-refractivity contribution in [2.24, 2.45) is 0 Å². The summed E-state index contributed by atoms with van der Waals surface area (Å²) < 4.78 is 9.79. The molecule has 0 aliphatic carbocycles. The van der Waals surface area contributed by atoms with E-state index < -0.39 is 18.5 Å². The molecule has 0 bridgehead atoms. The Kier molecular flexibility index (Phi) is 4.42. The Morgan fingerprint density at radius 1 is 1.12 bits per heavy atom. The summed E-state index contributed by atoms with van der Waals surface area (Å²) in [6.07, 6.45) is 2.94. The average molecular weight is 326 g/mol. The van der Waals surface area contributed by atoms with Crippen molar-refractivity contribution in [1.29, 1.82) is 0 Å². The van der Waals surface area contributed by atoms with Crippen LogP contribution in [0.2, 0.25) is 0 Å². The van der Waals surface area contributed by atoms with Gasteiger partial charge in [0.25, 0.3) is 5.91 Å². The van der Waals surface area contributed by atoms with Crippen molar-refractivity contribution in [2.75, 3.05) is 13.2 Å². The number of carbonyl (C=O) groups is 3. The van der Waals surface area contributed by atoms with E-state index >= 15 is 0 Å². The van der Waals surface area contributed by atoms with E-state index in [9.17, 15) is 14.4 Å². The Bertz CT molecular complexity index is 879. The predicted molar refractivity (Wildman–Crippen MR) is 84.6 cm³/mol. The third kappa shape index (κ3) is 3.35. The number of carbonyl (C=O) groups excluding carboxylic acids is 3. The fourth-order valence-electron chi connectivity index (χ4n) is 2.22. The van der Waals surface area contributed by atoms with E-state index in [1.54, 1.807) is 12.3 Å². The van der Waals surface area contributed by atoms with Crippen molar-refractivity contribution in [2.45, 2.75) is 0 Å². The van der Waals surface area contributed by atoms with Crippen molar-refractivity contribution in [3.8, 4) is 0 Å². The van der Waals surface area contributed by atoms with Gasteiger partial charge in [-0.25, -0.2) is 0 Å². The molecule has 7 heteroatoms. The highest BCUT2D eigenvalue weighted by atomic mass is 16.5. The summed E-state index contributed by atoms with van der Waals surface area (Å²) in [6, 6.07) is 10.4. The van der Waals surface area contributed by atoms with E-state index in [2.05, 4.69) is 10.3 Å². The summed E-state index contributed by atoms with van der Waals surface area (Å²) in [4.78, 5) is 38.4. The van der Waals surface area contributed by atoms with Gasteiger partial charge in [-0.05, 0) is 18.2 Å². The number of aromatic amines is 1. The molecule has 24 heavy (non-hydrogen) atoms. The van der Waals surface area contributed by atoms with Gasteiger partial charge in [-0.3, -0.25) is 14.4 Å². The molecule has 3 aromatic rings. The van der Waals surface area contributed by atoms with Crippen molar-refractivity contribution in [3.63, 3.8) is 0 Å². The van der Waals surface area contributed by atoms with Gasteiger partial charge >= 0.3 is 5.97 Å². The topological polar surface area (TPSA) is 101 Å². The predicted octanol–water partition coefficient (Wildman–Crippen LogP) is 1.92. The van der Waals surface area contributed by atoms with Crippen molar-refractivity contribution < 1.29 is 23.5 Å². The molecule has 0 saturated carbocycles. The molecule has 0 fully saturated rings. The van der Waals surface area contributed by atoms with Crippen LogP contribution in [-0.4, -0.2) is 35.8 Å². The molecule has 0 aliphatic rings. The first-order chi connectivity index (χ1) is 11.6. The lowest BCUT2D eigenvalue weighted by molar-refractivity contribution is -0.141. The van der Waals surface area contributed by atoms with Crippen LogP contribution in [0.3, 0.4) is 0 Å². The summed E-state index contributed by atoms with van der Waals surface area (Å²) in [7, 11) is 0. The Labute approximate surface area is 136 Å². The molecule has 3 rings (SSSR count). The van der Waals surface area contributed by atoms with Crippen LogP contribution in [0.4, 0.5) is 0 Å². The summed E-state index contributed by atoms with van der Waals surface area (Å²) in [5.41, 5.74) is 1.29. The van der Waals surface area contributed by atoms with Gasteiger partial charge in [-0.1, -0.05) is 18.2 Å². The molecule has 0 saturated heterocycles. The number of nitrogens with one attached hydrogen (secondary N) is 2.